The minimum atomic E-state index is -2.40. The second-order valence-corrected chi connectivity index (χ2v) is 38.3. The van der Waals surface area contributed by atoms with Gasteiger partial charge in [-0.05, 0) is 145 Å². The topological polar surface area (TPSA) is 597 Å². The van der Waals surface area contributed by atoms with E-state index < -0.39 is 341 Å². The summed E-state index contributed by atoms with van der Waals surface area (Å²) in [6.07, 6.45) is -76.7. The van der Waals surface area contributed by atoms with E-state index in [2.05, 4.69) is 0 Å². The third-order valence-corrected chi connectivity index (χ3v) is 20.5. The smallest absolute Gasteiger partial charge is 0.311 e. The lowest BCUT2D eigenvalue weighted by Gasteiger charge is -2.50. The fourth-order valence-electron chi connectivity index (χ4n) is 12.9. The Morgan fingerprint density at radius 2 is 0.269 bits per heavy atom. The fourth-order valence-corrected chi connectivity index (χ4v) is 12.9. The van der Waals surface area contributed by atoms with Crippen LogP contribution in [0.1, 0.15) is 145 Å². The molecule has 42 heteroatoms. The average molecular weight is 1720 g/mol. The predicted octanol–water partition coefficient (Wildman–Crippen LogP) is -4.05. The summed E-state index contributed by atoms with van der Waals surface area (Å²) >= 11 is 0. The zero-order valence-corrected chi connectivity index (χ0v) is 70.8. The highest BCUT2D eigenvalue weighted by atomic mass is 16.8. The van der Waals surface area contributed by atoms with Gasteiger partial charge < -0.3 is 171 Å². The molecule has 35 atom stereocenters. The van der Waals surface area contributed by atoms with Crippen LogP contribution >= 0.6 is 0 Å². The van der Waals surface area contributed by atoms with Crippen molar-refractivity contribution in [3.05, 3.63) is 0 Å². The van der Waals surface area contributed by atoms with Gasteiger partial charge in [-0.2, -0.15) is 0 Å². The Morgan fingerprint density at radius 3 is 0.353 bits per heavy atom. The number of hydrogen-bond donors (Lipinski definition) is 14. The number of carbonyl (C=O) groups excluding carboxylic acids is 7. The minimum Gasteiger partial charge on any atom is -0.462 e. The van der Waals surface area contributed by atoms with Gasteiger partial charge in [0.1, 0.15) is 217 Å². The molecule has 21 rings (SSSR count). The first kappa shape index (κ1) is 99.6. The first-order valence-electron chi connectivity index (χ1n) is 39.5. The number of rotatable bonds is 14. The first-order chi connectivity index (χ1) is 54.6. The number of carbonyl (C=O) groups is 7. The number of ether oxygens (including phenoxy) is 21. The van der Waals surface area contributed by atoms with Crippen molar-refractivity contribution in [2.75, 3.05) is 46.2 Å². The van der Waals surface area contributed by atoms with Crippen LogP contribution in [0.3, 0.4) is 0 Å². The Labute approximate surface area is 688 Å². The van der Waals surface area contributed by atoms with Gasteiger partial charge in [0.15, 0.2) is 44.0 Å². The molecule has 42 nitrogen and oxygen atoms in total. The molecule has 0 spiro atoms. The lowest BCUT2D eigenvalue weighted by molar-refractivity contribution is -0.396. The van der Waals surface area contributed by atoms with E-state index in [1.165, 1.54) is 145 Å². The summed E-state index contributed by atoms with van der Waals surface area (Å²) < 4.78 is 127. The molecular weight excluding hydrogens is 1600 g/mol. The highest BCUT2D eigenvalue weighted by molar-refractivity contribution is 5.78. The highest BCUT2D eigenvalue weighted by Crippen LogP contribution is 2.42. The Kier molecular flexibility index (Phi) is 32.6. The monoisotopic (exact) mass is 1720 g/mol. The van der Waals surface area contributed by atoms with E-state index in [9.17, 15) is 105 Å². The quantitative estimate of drug-likeness (QED) is 0.0581. The van der Waals surface area contributed by atoms with E-state index in [1.54, 1.807) is 0 Å². The fraction of sp³-hybridized carbons (Fsp3) is 0.909. The Balaban J connectivity index is 1.27. The summed E-state index contributed by atoms with van der Waals surface area (Å²) in [5, 5.41) is 172. The van der Waals surface area contributed by atoms with Gasteiger partial charge in [0.2, 0.25) is 0 Å². The summed E-state index contributed by atoms with van der Waals surface area (Å²) in [7, 11) is 0. The van der Waals surface area contributed by atoms with Gasteiger partial charge in [-0.25, -0.2) is 0 Å². The second kappa shape index (κ2) is 39.0. The third kappa shape index (κ3) is 24.2. The van der Waals surface area contributed by atoms with Gasteiger partial charge in [0.25, 0.3) is 0 Å². The van der Waals surface area contributed by atoms with Gasteiger partial charge in [0.05, 0.1) is 37.9 Å². The lowest BCUT2D eigenvalue weighted by atomic mass is 9.94. The van der Waals surface area contributed by atoms with Crippen molar-refractivity contribution in [2.24, 2.45) is 37.9 Å². The molecule has 35 unspecified atom stereocenters. The minimum absolute atomic E-state index is 0.894. The summed E-state index contributed by atoms with van der Waals surface area (Å²) in [6.45, 7) is 24.5. The van der Waals surface area contributed by atoms with Crippen LogP contribution in [-0.2, 0) is 133 Å². The largest absolute Gasteiger partial charge is 0.462 e. The first-order valence-corrected chi connectivity index (χ1v) is 39.5. The van der Waals surface area contributed by atoms with Crippen LogP contribution in [0.15, 0.2) is 0 Å². The Morgan fingerprint density at radius 1 is 0.176 bits per heavy atom. The molecule has 0 aliphatic carbocycles. The molecule has 686 valence electrons. The van der Waals surface area contributed by atoms with E-state index in [0.717, 1.165) is 0 Å². The SMILES string of the molecule is CC(C)(C)C(=O)OCC1OC2OC3C(COC(=O)C(C)(C)C)OC(OC4C(COC(=O)C(C)(C)C)OC(OC5C(COC(=O)C(C)(C)C)OC(OC6C(COC(=O)C(C)(C)C)OC(OC7C(COC(=O)C(C)(C)C)OC(OC8C(COC(=O)C(C)(C)C)OC(OC1C(O)C2O)C(O)C8O)C(O)C7O)C(O)C6O)C(O)C5O)C(O)C4O)C(O)C3O. The molecule has 21 heterocycles. The molecule has 21 aliphatic heterocycles. The van der Waals surface area contributed by atoms with E-state index in [-0.39, 0.29) is 0 Å². The van der Waals surface area contributed by atoms with E-state index in [0.29, 0.717) is 0 Å². The molecule has 21 saturated heterocycles. The van der Waals surface area contributed by atoms with E-state index in [1.807, 2.05) is 0 Å². The van der Waals surface area contributed by atoms with Gasteiger partial charge in [-0.15, -0.1) is 0 Å². The molecule has 0 aromatic carbocycles. The van der Waals surface area contributed by atoms with Crippen LogP contribution < -0.4 is 0 Å². The Bertz CT molecular complexity index is 2780. The summed E-state index contributed by atoms with van der Waals surface area (Å²) in [5.74, 6) is -6.26. The molecule has 0 saturated carbocycles. The van der Waals surface area contributed by atoms with Crippen LogP contribution in [0.25, 0.3) is 0 Å². The molecule has 14 N–H and O–H groups in total. The van der Waals surface area contributed by atoms with Crippen molar-refractivity contribution in [1.82, 2.24) is 0 Å². The molecule has 0 aromatic rings. The molecule has 21 aliphatic rings. The van der Waals surface area contributed by atoms with Crippen LogP contribution in [0.2, 0.25) is 0 Å². The maximum atomic E-state index is 13.6. The van der Waals surface area contributed by atoms with E-state index in [4.69, 9.17) is 99.5 Å². The summed E-state index contributed by atoms with van der Waals surface area (Å²) in [5.41, 5.74) is -8.73. The van der Waals surface area contributed by atoms with Crippen molar-refractivity contribution in [1.29, 1.82) is 0 Å². The zero-order chi connectivity index (χ0) is 89.5. The van der Waals surface area contributed by atoms with Gasteiger partial charge >= 0.3 is 41.8 Å². The molecule has 21 fully saturated rings. The molecule has 119 heavy (non-hydrogen) atoms. The summed E-state index contributed by atoms with van der Waals surface area (Å²) in [4.78, 5) is 95.0. The van der Waals surface area contributed by atoms with Gasteiger partial charge in [-0.1, -0.05) is 0 Å². The lowest BCUT2D eigenvalue weighted by Crippen LogP contribution is -2.68. The van der Waals surface area contributed by atoms with Crippen LogP contribution in [-0.4, -0.2) is 374 Å². The van der Waals surface area contributed by atoms with Crippen molar-refractivity contribution < 1.29 is 205 Å². The Hall–Kier alpha value is -4.83. The number of hydrogen-bond acceptors (Lipinski definition) is 42. The summed E-state index contributed by atoms with van der Waals surface area (Å²) in [6, 6.07) is 0. The molecule has 0 aromatic heterocycles. The molecular formula is C77H126O42. The van der Waals surface area contributed by atoms with Crippen molar-refractivity contribution in [3.63, 3.8) is 0 Å². The second-order valence-electron chi connectivity index (χ2n) is 38.3. The van der Waals surface area contributed by atoms with Crippen molar-refractivity contribution in [3.8, 4) is 0 Å². The van der Waals surface area contributed by atoms with E-state index >= 15 is 0 Å². The molecule has 0 radical (unpaired) electrons. The van der Waals surface area contributed by atoms with Gasteiger partial charge in [-0.3, -0.25) is 33.6 Å². The van der Waals surface area contributed by atoms with Gasteiger partial charge in [0, 0.05) is 0 Å². The standard InChI is InChI=1S/C77H126O42/c1-71(2,3)64(92)99-22-29-50-36(78)43(85)57(106-29)114-51-30(23-100-65(93)72(4,5)6)108-59(45(87)38(51)80)116-53-32(25-102-67(95)74(10,11)12)110-61(47(89)40(53)82)118-55-34(27-104-69(97)76(16,17)18)112-63(49(91)42(55)84)119-56-35(28-105-70(98)77(19,20)21)111-62(48(90)41(56)83)117-54-33(26-103-68(96)75(13,14)15)109-60(46(88)39(54)81)115-52-31(24-101-66(94)73(7,8)9)107-58(113-50)44(86)37(52)79/h29-63,78-91H,22-28H2,1-21H3. The van der Waals surface area contributed by atoms with Crippen LogP contribution in [0.4, 0.5) is 0 Å². The normalized spacial score (nSPS) is 40.6. The maximum absolute atomic E-state index is 13.6. The highest BCUT2D eigenvalue weighted by Gasteiger charge is 2.61. The number of esters is 7. The predicted molar refractivity (Wildman–Crippen MR) is 392 cm³/mol. The van der Waals surface area contributed by atoms with Crippen molar-refractivity contribution in [2.45, 2.75) is 360 Å². The van der Waals surface area contributed by atoms with Crippen LogP contribution in [0, 0.1) is 37.9 Å². The van der Waals surface area contributed by atoms with Crippen molar-refractivity contribution >= 4 is 41.8 Å². The third-order valence-electron chi connectivity index (χ3n) is 20.5. The maximum Gasteiger partial charge on any atom is 0.311 e. The number of aliphatic hydroxyl groups excluding tert-OH is 14. The zero-order valence-electron chi connectivity index (χ0n) is 70.8. The molecule has 0 amide bonds. The average Bonchev–Trinajstić information content (AvgIpc) is 0.836. The molecule has 14 bridgehead atoms. The van der Waals surface area contributed by atoms with Crippen LogP contribution in [0.5, 0.6) is 0 Å². The number of aliphatic hydroxyl groups is 14.